The summed E-state index contributed by atoms with van der Waals surface area (Å²) in [5.41, 5.74) is -7.27. The van der Waals surface area contributed by atoms with E-state index in [4.69, 9.17) is 21.7 Å². The SMILES string of the molecule is COC(C)(C)C#Cc1cc(=O)n(-c2ccc(Cl)c(C(=N)N[S+]([O-])C3CC3)c2NCC(F)F)c(C(Cc2cc(F)cc(F)c2)NC(=O)Cn2nc(C(F)(F)F)c3c2C(F)(F)C(C)C3)n1. The third-order valence-corrected chi connectivity index (χ3v) is 11.9. The third kappa shape index (κ3) is 10.6. The first-order valence-corrected chi connectivity index (χ1v) is 20.6. The molecule has 12 nitrogen and oxygen atoms in total. The zero-order chi connectivity index (χ0) is 46.3. The number of anilines is 1. The lowest BCUT2D eigenvalue weighted by atomic mass is 10.0. The molecule has 0 bridgehead atoms. The van der Waals surface area contributed by atoms with Gasteiger partial charge in [-0.15, -0.1) is 0 Å². The Kier molecular flexibility index (Phi) is 13.6. The van der Waals surface area contributed by atoms with Crippen LogP contribution in [0.15, 0.2) is 41.2 Å². The molecule has 0 spiro atoms. The number of aromatic nitrogens is 4. The highest BCUT2D eigenvalue weighted by Gasteiger charge is 2.54. The fraction of sp³-hybridized carbons (Fsp3) is 0.425. The predicted molar refractivity (Wildman–Crippen MR) is 213 cm³/mol. The molecule has 1 amide bonds. The fourth-order valence-corrected chi connectivity index (χ4v) is 8.09. The highest BCUT2D eigenvalue weighted by Crippen LogP contribution is 2.49. The number of nitrogens with one attached hydrogen (secondary N) is 4. The van der Waals surface area contributed by atoms with Gasteiger partial charge in [-0.2, -0.15) is 31.8 Å². The molecule has 2 aliphatic carbocycles. The summed E-state index contributed by atoms with van der Waals surface area (Å²) in [7, 11) is 1.34. The molecular formula is C40H38ClF9N8O4S. The highest BCUT2D eigenvalue weighted by molar-refractivity contribution is 7.91. The van der Waals surface area contributed by atoms with E-state index in [9.17, 15) is 44.9 Å². The third-order valence-electron chi connectivity index (χ3n) is 10.1. The number of fused-ring (bicyclic) bond motifs is 1. The molecule has 63 heavy (non-hydrogen) atoms. The molecule has 3 unspecified atom stereocenters. The van der Waals surface area contributed by atoms with Gasteiger partial charge in [0.25, 0.3) is 17.9 Å². The number of halogens is 10. The zero-order valence-corrected chi connectivity index (χ0v) is 35.2. The Balaban J connectivity index is 1.57. The van der Waals surface area contributed by atoms with Crippen LogP contribution in [-0.2, 0) is 52.4 Å². The van der Waals surface area contributed by atoms with Crippen molar-refractivity contribution in [2.24, 2.45) is 5.92 Å². The monoisotopic (exact) mass is 932 g/mol. The Morgan fingerprint density at radius 1 is 1.14 bits per heavy atom. The summed E-state index contributed by atoms with van der Waals surface area (Å²) in [4.78, 5) is 32.9. The number of ether oxygens (including phenoxy) is 1. The number of carbonyl (C=O) groups excluding carboxylic acids is 1. The van der Waals surface area contributed by atoms with Gasteiger partial charge in [-0.25, -0.2) is 22.5 Å². The van der Waals surface area contributed by atoms with Crippen molar-refractivity contribution in [2.75, 3.05) is 19.0 Å². The summed E-state index contributed by atoms with van der Waals surface area (Å²) in [6, 6.07) is 3.74. The van der Waals surface area contributed by atoms with Crippen LogP contribution in [0.5, 0.6) is 0 Å². The first-order chi connectivity index (χ1) is 29.4. The Bertz CT molecular complexity index is 2530. The minimum Gasteiger partial charge on any atom is -0.593 e. The highest BCUT2D eigenvalue weighted by atomic mass is 35.5. The lowest BCUT2D eigenvalue weighted by Gasteiger charge is -2.26. The molecule has 2 heterocycles. The van der Waals surface area contributed by atoms with E-state index in [1.165, 1.54) is 13.2 Å². The van der Waals surface area contributed by atoms with Gasteiger partial charge >= 0.3 is 6.18 Å². The molecule has 1 fully saturated rings. The maximum Gasteiger partial charge on any atom is 0.435 e. The van der Waals surface area contributed by atoms with E-state index in [-0.39, 0.29) is 37.5 Å². The summed E-state index contributed by atoms with van der Waals surface area (Å²) in [6.07, 6.45) is -8.41. The van der Waals surface area contributed by atoms with Crippen LogP contribution in [0.1, 0.15) is 79.3 Å². The van der Waals surface area contributed by atoms with Crippen LogP contribution in [-0.4, -0.2) is 66.6 Å². The van der Waals surface area contributed by atoms with Crippen molar-refractivity contribution in [3.8, 4) is 17.5 Å². The topological polar surface area (TPSA) is 162 Å². The van der Waals surface area contributed by atoms with E-state index in [0.717, 1.165) is 35.8 Å². The lowest BCUT2D eigenvalue weighted by molar-refractivity contribution is -0.142. The number of amides is 1. The van der Waals surface area contributed by atoms with Crippen molar-refractivity contribution in [3.63, 3.8) is 0 Å². The summed E-state index contributed by atoms with van der Waals surface area (Å²) >= 11 is 4.72. The van der Waals surface area contributed by atoms with Crippen LogP contribution in [0.3, 0.4) is 0 Å². The molecule has 1 saturated carbocycles. The Hall–Kier alpha value is -5.24. The zero-order valence-electron chi connectivity index (χ0n) is 33.6. The molecule has 23 heteroatoms. The Labute approximate surface area is 361 Å². The molecule has 3 atom stereocenters. The standard InChI is InChI=1S/C40H38ClF9N8O4S/c1-19-11-25-34(40(48,49)50)55-57(35(25)39(19,46)47)18-30(59)54-27(14-20-12-21(42)15-22(43)13-20)37-53-23(9-10-38(2,3)62-4)16-31(60)58(37)28-8-7-26(41)32(33(28)52-17-29(44)45)36(51)56-63(61)24-5-6-24/h7-8,12-13,15-16,19,24,27,29,52H,5-6,11,14,17-18H2,1-4H3,(H2,51,56)(H,54,59). The Morgan fingerprint density at radius 3 is 2.41 bits per heavy atom. The fourth-order valence-electron chi connectivity index (χ4n) is 6.80. The number of rotatable bonds is 14. The smallest absolute Gasteiger partial charge is 0.435 e. The van der Waals surface area contributed by atoms with E-state index >= 15 is 8.78 Å². The summed E-state index contributed by atoms with van der Waals surface area (Å²) in [5, 5.41) is 16.5. The van der Waals surface area contributed by atoms with E-state index in [2.05, 4.69) is 37.3 Å². The van der Waals surface area contributed by atoms with Crippen LogP contribution < -0.4 is 20.9 Å². The van der Waals surface area contributed by atoms with Gasteiger partial charge < -0.3 is 19.9 Å². The molecule has 4 aromatic rings. The quantitative estimate of drug-likeness (QED) is 0.0347. The number of amidine groups is 1. The second kappa shape index (κ2) is 18.1. The molecule has 0 aliphatic heterocycles. The number of hydrogen-bond acceptors (Lipinski definition) is 8. The lowest BCUT2D eigenvalue weighted by Crippen LogP contribution is -2.38. The largest absolute Gasteiger partial charge is 0.593 e. The molecule has 338 valence electrons. The number of nitrogens with zero attached hydrogens (tertiary/aromatic N) is 4. The Morgan fingerprint density at radius 2 is 1.81 bits per heavy atom. The number of hydrogen-bond donors (Lipinski definition) is 4. The molecule has 0 radical (unpaired) electrons. The van der Waals surface area contributed by atoms with Crippen LogP contribution >= 0.6 is 11.6 Å². The van der Waals surface area contributed by atoms with Gasteiger partial charge in [-0.05, 0) is 56.0 Å². The van der Waals surface area contributed by atoms with Gasteiger partial charge in [0.2, 0.25) is 5.91 Å². The molecule has 2 aliphatic rings. The van der Waals surface area contributed by atoms with Crippen molar-refractivity contribution in [2.45, 2.75) is 88.4 Å². The van der Waals surface area contributed by atoms with Crippen molar-refractivity contribution in [1.29, 1.82) is 5.41 Å². The van der Waals surface area contributed by atoms with Gasteiger partial charge in [-0.1, -0.05) is 24.4 Å². The molecule has 0 saturated heterocycles. The average molecular weight is 933 g/mol. The molecule has 4 N–H and O–H groups in total. The van der Waals surface area contributed by atoms with Crippen molar-refractivity contribution in [3.05, 3.63) is 103 Å². The van der Waals surface area contributed by atoms with Gasteiger partial charge in [0.15, 0.2) is 11.5 Å². The maximum atomic E-state index is 15.4. The van der Waals surface area contributed by atoms with Crippen LogP contribution in [0.4, 0.5) is 45.2 Å². The summed E-state index contributed by atoms with van der Waals surface area (Å²) in [5.74, 6) is -4.62. The maximum absolute atomic E-state index is 15.4. The molecule has 2 aromatic carbocycles. The van der Waals surface area contributed by atoms with E-state index in [1.54, 1.807) is 13.8 Å². The van der Waals surface area contributed by atoms with E-state index in [1.807, 2.05) is 0 Å². The first kappa shape index (κ1) is 47.2. The number of carbonyl (C=O) groups is 1. The van der Waals surface area contributed by atoms with Crippen molar-refractivity contribution in [1.82, 2.24) is 29.4 Å². The normalized spacial score (nSPS) is 16.9. The van der Waals surface area contributed by atoms with Gasteiger partial charge in [-0.3, -0.25) is 24.2 Å². The molecule has 2 aromatic heterocycles. The van der Waals surface area contributed by atoms with Gasteiger partial charge in [0.1, 0.15) is 46.2 Å². The van der Waals surface area contributed by atoms with Crippen LogP contribution in [0, 0.1) is 34.8 Å². The minimum atomic E-state index is -5.18. The summed E-state index contributed by atoms with van der Waals surface area (Å²) < 4.78 is 152. The van der Waals surface area contributed by atoms with Crippen LogP contribution in [0.2, 0.25) is 5.02 Å². The minimum absolute atomic E-state index is 0.184. The molecule has 6 rings (SSSR count). The predicted octanol–water partition coefficient (Wildman–Crippen LogP) is 6.96. The van der Waals surface area contributed by atoms with Crippen LogP contribution in [0.25, 0.3) is 5.69 Å². The van der Waals surface area contributed by atoms with Crippen molar-refractivity contribution < 1.29 is 53.6 Å². The number of benzene rings is 2. The average Bonchev–Trinajstić information content (AvgIpc) is 3.92. The van der Waals surface area contributed by atoms with E-state index < -0.39 is 131 Å². The molecular weight excluding hydrogens is 895 g/mol. The number of methoxy groups -OCH3 is 1. The van der Waals surface area contributed by atoms with E-state index in [0.29, 0.717) is 18.9 Å². The second-order valence-corrected chi connectivity index (χ2v) is 17.2. The number of alkyl halides is 7. The summed E-state index contributed by atoms with van der Waals surface area (Å²) in [6.45, 7) is 1.82. The second-order valence-electron chi connectivity index (χ2n) is 15.4. The van der Waals surface area contributed by atoms with Gasteiger partial charge in [0, 0.05) is 50.0 Å². The van der Waals surface area contributed by atoms with Crippen molar-refractivity contribution >= 4 is 40.4 Å². The van der Waals surface area contributed by atoms with Gasteiger partial charge in [0.05, 0.1) is 45.9 Å². The first-order valence-electron chi connectivity index (χ1n) is 19.0.